The van der Waals surface area contributed by atoms with Crippen LogP contribution in [-0.2, 0) is 20.9 Å². The van der Waals surface area contributed by atoms with Crippen LogP contribution in [0.2, 0.25) is 0 Å². The monoisotopic (exact) mass is 369 g/mol. The van der Waals surface area contributed by atoms with Crippen LogP contribution in [0.5, 0.6) is 0 Å². The number of esters is 1. The minimum atomic E-state index is -0.640. The van der Waals surface area contributed by atoms with Gasteiger partial charge >= 0.3 is 5.97 Å². The van der Waals surface area contributed by atoms with Gasteiger partial charge in [-0.05, 0) is 49.6 Å². The molecule has 1 aliphatic rings. The molecule has 1 aromatic carbocycles. The predicted octanol–water partition coefficient (Wildman–Crippen LogP) is 2.02. The molecule has 0 radical (unpaired) electrons. The minimum Gasteiger partial charge on any atom is -0.454 e. The lowest BCUT2D eigenvalue weighted by molar-refractivity contribution is -0.147. The number of pyridine rings is 1. The summed E-state index contributed by atoms with van der Waals surface area (Å²) in [6, 6.07) is 12.2. The van der Waals surface area contributed by atoms with Crippen LogP contribution in [0.15, 0.2) is 53.5 Å². The third-order valence-corrected chi connectivity index (χ3v) is 4.43. The highest BCUT2D eigenvalue weighted by molar-refractivity contribution is 5.92. The fourth-order valence-corrected chi connectivity index (χ4v) is 3.03. The van der Waals surface area contributed by atoms with Gasteiger partial charge < -0.3 is 19.5 Å². The van der Waals surface area contributed by atoms with Crippen molar-refractivity contribution in [2.45, 2.75) is 25.8 Å². The van der Waals surface area contributed by atoms with Crippen molar-refractivity contribution in [2.75, 3.05) is 29.9 Å². The fourth-order valence-electron chi connectivity index (χ4n) is 3.03. The number of nitrogens with one attached hydrogen (secondary N) is 1. The Morgan fingerprint density at radius 3 is 2.44 bits per heavy atom. The first kappa shape index (κ1) is 18.7. The lowest BCUT2D eigenvalue weighted by atomic mass is 10.1. The van der Waals surface area contributed by atoms with Crippen molar-refractivity contribution in [1.82, 2.24) is 4.57 Å². The summed E-state index contributed by atoms with van der Waals surface area (Å²) in [5.41, 5.74) is 1.50. The molecule has 0 atom stereocenters. The minimum absolute atomic E-state index is 0.225. The second-order valence-corrected chi connectivity index (χ2v) is 6.47. The Hall–Kier alpha value is -3.09. The summed E-state index contributed by atoms with van der Waals surface area (Å²) in [6.07, 6.45) is 5.19. The highest BCUT2D eigenvalue weighted by Gasteiger charge is 2.12. The van der Waals surface area contributed by atoms with E-state index >= 15 is 0 Å². The molecule has 1 aromatic heterocycles. The van der Waals surface area contributed by atoms with Crippen LogP contribution in [0.1, 0.15) is 19.3 Å². The van der Waals surface area contributed by atoms with Crippen LogP contribution in [0, 0.1) is 0 Å². The first-order valence-electron chi connectivity index (χ1n) is 9.08. The quantitative estimate of drug-likeness (QED) is 0.788. The zero-order chi connectivity index (χ0) is 19.1. The Balaban J connectivity index is 1.45. The third-order valence-electron chi connectivity index (χ3n) is 4.43. The van der Waals surface area contributed by atoms with E-state index in [0.717, 1.165) is 18.8 Å². The molecule has 3 rings (SSSR count). The van der Waals surface area contributed by atoms with Gasteiger partial charge in [0.05, 0.1) is 0 Å². The molecule has 0 bridgehead atoms. The van der Waals surface area contributed by atoms with Gasteiger partial charge in [0.25, 0.3) is 11.5 Å². The van der Waals surface area contributed by atoms with Crippen molar-refractivity contribution in [1.29, 1.82) is 0 Å². The predicted molar refractivity (Wildman–Crippen MR) is 103 cm³/mol. The molecule has 2 aromatic rings. The molecule has 0 unspecified atom stereocenters. The maximum absolute atomic E-state index is 12.0. The molecule has 1 fully saturated rings. The van der Waals surface area contributed by atoms with E-state index in [1.54, 1.807) is 12.1 Å². The fraction of sp³-hybridized carbons (Fsp3) is 0.350. The van der Waals surface area contributed by atoms with E-state index in [1.807, 2.05) is 24.3 Å². The number of piperidine rings is 1. The van der Waals surface area contributed by atoms with Gasteiger partial charge in [-0.25, -0.2) is 0 Å². The molecule has 1 N–H and O–H groups in total. The first-order valence-corrected chi connectivity index (χ1v) is 9.08. The number of carbonyl (C=O) groups excluding carboxylic acids is 2. The molecule has 0 spiro atoms. The Labute approximate surface area is 157 Å². The van der Waals surface area contributed by atoms with Crippen molar-refractivity contribution >= 4 is 23.3 Å². The first-order chi connectivity index (χ1) is 13.1. The second-order valence-electron chi connectivity index (χ2n) is 6.47. The SMILES string of the molecule is O=C(COC(=O)Cn1ccccc1=O)Nc1ccc(N2CCCCC2)cc1. The summed E-state index contributed by atoms with van der Waals surface area (Å²) >= 11 is 0. The number of aromatic nitrogens is 1. The Morgan fingerprint density at radius 1 is 1.00 bits per heavy atom. The molecule has 1 amide bonds. The maximum atomic E-state index is 12.0. The van der Waals surface area contributed by atoms with Crippen LogP contribution < -0.4 is 15.8 Å². The lowest BCUT2D eigenvalue weighted by Crippen LogP contribution is -2.29. The Kier molecular flexibility index (Phi) is 6.25. The lowest BCUT2D eigenvalue weighted by Gasteiger charge is -2.28. The summed E-state index contributed by atoms with van der Waals surface area (Å²) < 4.78 is 6.16. The number of nitrogens with zero attached hydrogens (tertiary/aromatic N) is 2. The molecule has 1 aliphatic heterocycles. The largest absolute Gasteiger partial charge is 0.454 e. The molecule has 7 heteroatoms. The molecule has 0 saturated carbocycles. The number of hydrogen-bond donors (Lipinski definition) is 1. The number of hydrogen-bond acceptors (Lipinski definition) is 5. The highest BCUT2D eigenvalue weighted by atomic mass is 16.5. The molecule has 142 valence electrons. The van der Waals surface area contributed by atoms with Gasteiger partial charge in [0, 0.05) is 36.7 Å². The van der Waals surface area contributed by atoms with Crippen LogP contribution >= 0.6 is 0 Å². The van der Waals surface area contributed by atoms with Crippen molar-refractivity contribution in [3.05, 3.63) is 59.0 Å². The number of anilines is 2. The standard InChI is InChI=1S/C20H23N3O4/c24-18(15-27-20(26)14-23-13-5-2-6-19(23)25)21-16-7-9-17(10-8-16)22-11-3-1-4-12-22/h2,5-10,13H,1,3-4,11-12,14-15H2,(H,21,24). The number of amides is 1. The molecule has 2 heterocycles. The van der Waals surface area contributed by atoms with E-state index in [-0.39, 0.29) is 12.1 Å². The summed E-state index contributed by atoms with van der Waals surface area (Å²) in [4.78, 5) is 37.6. The van der Waals surface area contributed by atoms with Gasteiger partial charge in [-0.3, -0.25) is 14.4 Å². The van der Waals surface area contributed by atoms with Gasteiger partial charge in [0.2, 0.25) is 0 Å². The summed E-state index contributed by atoms with van der Waals surface area (Å²) in [5, 5.41) is 2.70. The van der Waals surface area contributed by atoms with E-state index in [4.69, 9.17) is 4.74 Å². The van der Waals surface area contributed by atoms with Crippen molar-refractivity contribution < 1.29 is 14.3 Å². The average Bonchev–Trinajstić information content (AvgIpc) is 2.69. The van der Waals surface area contributed by atoms with Gasteiger partial charge in [-0.1, -0.05) is 6.07 Å². The number of ether oxygens (including phenoxy) is 1. The van der Waals surface area contributed by atoms with Crippen LogP contribution in [0.3, 0.4) is 0 Å². The summed E-state index contributed by atoms with van der Waals surface area (Å²) in [6.45, 7) is 1.50. The van der Waals surface area contributed by atoms with E-state index in [2.05, 4.69) is 10.2 Å². The topological polar surface area (TPSA) is 80.6 Å². The van der Waals surface area contributed by atoms with Crippen molar-refractivity contribution in [3.63, 3.8) is 0 Å². The van der Waals surface area contributed by atoms with Gasteiger partial charge in [-0.2, -0.15) is 0 Å². The number of rotatable bonds is 6. The van der Waals surface area contributed by atoms with Gasteiger partial charge in [-0.15, -0.1) is 0 Å². The highest BCUT2D eigenvalue weighted by Crippen LogP contribution is 2.21. The smallest absolute Gasteiger partial charge is 0.326 e. The summed E-state index contributed by atoms with van der Waals surface area (Å²) in [5.74, 6) is -1.06. The summed E-state index contributed by atoms with van der Waals surface area (Å²) in [7, 11) is 0. The van der Waals surface area contributed by atoms with Crippen LogP contribution in [-0.4, -0.2) is 36.1 Å². The average molecular weight is 369 g/mol. The van der Waals surface area contributed by atoms with Crippen LogP contribution in [0.4, 0.5) is 11.4 Å². The van der Waals surface area contributed by atoms with Crippen molar-refractivity contribution in [2.24, 2.45) is 0 Å². The zero-order valence-electron chi connectivity index (χ0n) is 15.1. The van der Waals surface area contributed by atoms with Crippen LogP contribution in [0.25, 0.3) is 0 Å². The molecule has 0 aliphatic carbocycles. The van der Waals surface area contributed by atoms with E-state index in [0.29, 0.717) is 5.69 Å². The molecule has 1 saturated heterocycles. The third kappa shape index (κ3) is 5.44. The number of benzene rings is 1. The second kappa shape index (κ2) is 9.02. The van der Waals surface area contributed by atoms with E-state index < -0.39 is 18.5 Å². The molecule has 7 nitrogen and oxygen atoms in total. The van der Waals surface area contributed by atoms with E-state index in [1.165, 1.54) is 36.1 Å². The zero-order valence-corrected chi connectivity index (χ0v) is 15.1. The van der Waals surface area contributed by atoms with Gasteiger partial charge in [0.15, 0.2) is 6.61 Å². The van der Waals surface area contributed by atoms with Gasteiger partial charge in [0.1, 0.15) is 6.54 Å². The van der Waals surface area contributed by atoms with Crippen molar-refractivity contribution in [3.8, 4) is 0 Å². The molecule has 27 heavy (non-hydrogen) atoms. The molecular weight excluding hydrogens is 346 g/mol. The maximum Gasteiger partial charge on any atom is 0.326 e. The normalized spacial score (nSPS) is 13.9. The number of carbonyl (C=O) groups is 2. The Morgan fingerprint density at radius 2 is 1.74 bits per heavy atom. The van der Waals surface area contributed by atoms with E-state index in [9.17, 15) is 14.4 Å². The molecular formula is C20H23N3O4. The Bertz CT molecular complexity index is 839.